The van der Waals surface area contributed by atoms with Gasteiger partial charge in [-0.2, -0.15) is 10.2 Å². The van der Waals surface area contributed by atoms with Crippen LogP contribution in [0.5, 0.6) is 5.75 Å². The van der Waals surface area contributed by atoms with E-state index in [1.165, 1.54) is 0 Å². The molecule has 0 amide bonds. The SMILES string of the molecule is Cc1c(NC(=S)Nc2cnn(COc3cccc(Cl)c3)c2)cnn1C. The van der Waals surface area contributed by atoms with E-state index in [2.05, 4.69) is 20.8 Å². The van der Waals surface area contributed by atoms with E-state index in [0.29, 0.717) is 15.9 Å². The summed E-state index contributed by atoms with van der Waals surface area (Å²) >= 11 is 11.2. The largest absolute Gasteiger partial charge is 0.471 e. The van der Waals surface area contributed by atoms with Crippen molar-refractivity contribution in [3.05, 3.63) is 53.6 Å². The number of hydrogen-bond donors (Lipinski definition) is 2. The zero-order valence-electron chi connectivity index (χ0n) is 13.7. The Morgan fingerprint density at radius 1 is 1.28 bits per heavy atom. The lowest BCUT2D eigenvalue weighted by Gasteiger charge is -2.08. The van der Waals surface area contributed by atoms with E-state index in [1.54, 1.807) is 40.1 Å². The highest BCUT2D eigenvalue weighted by molar-refractivity contribution is 7.80. The Morgan fingerprint density at radius 3 is 2.84 bits per heavy atom. The highest BCUT2D eigenvalue weighted by Gasteiger charge is 2.07. The molecule has 130 valence electrons. The molecule has 0 atom stereocenters. The lowest BCUT2D eigenvalue weighted by Crippen LogP contribution is -2.19. The molecular weight excluding hydrogens is 360 g/mol. The number of benzene rings is 1. The lowest BCUT2D eigenvalue weighted by atomic mass is 10.3. The molecule has 1 aromatic carbocycles. The maximum atomic E-state index is 5.93. The van der Waals surface area contributed by atoms with Crippen molar-refractivity contribution in [2.24, 2.45) is 7.05 Å². The van der Waals surface area contributed by atoms with Crippen molar-refractivity contribution in [2.45, 2.75) is 13.7 Å². The van der Waals surface area contributed by atoms with Gasteiger partial charge in [0.15, 0.2) is 11.8 Å². The molecule has 0 unspecified atom stereocenters. The Kier molecular flexibility index (Phi) is 5.20. The van der Waals surface area contributed by atoms with Crippen molar-refractivity contribution in [3.63, 3.8) is 0 Å². The van der Waals surface area contributed by atoms with Gasteiger partial charge in [-0.05, 0) is 37.3 Å². The third-order valence-corrected chi connectivity index (χ3v) is 3.97. The van der Waals surface area contributed by atoms with Crippen LogP contribution in [0.2, 0.25) is 5.02 Å². The summed E-state index contributed by atoms with van der Waals surface area (Å²) in [6.07, 6.45) is 5.20. The summed E-state index contributed by atoms with van der Waals surface area (Å²) < 4.78 is 9.06. The third-order valence-electron chi connectivity index (χ3n) is 3.53. The van der Waals surface area contributed by atoms with Gasteiger partial charge in [0.25, 0.3) is 0 Å². The predicted molar refractivity (Wildman–Crippen MR) is 102 cm³/mol. The molecule has 0 aliphatic heterocycles. The van der Waals surface area contributed by atoms with Crippen molar-refractivity contribution >= 4 is 40.3 Å². The quantitative estimate of drug-likeness (QED) is 0.665. The second kappa shape index (κ2) is 7.54. The van der Waals surface area contributed by atoms with Crippen LogP contribution in [0.15, 0.2) is 42.9 Å². The molecule has 2 aromatic heterocycles. The van der Waals surface area contributed by atoms with Crippen LogP contribution in [0.4, 0.5) is 11.4 Å². The van der Waals surface area contributed by atoms with Crippen molar-refractivity contribution in [1.82, 2.24) is 19.6 Å². The molecule has 9 heteroatoms. The summed E-state index contributed by atoms with van der Waals surface area (Å²) in [4.78, 5) is 0. The molecule has 0 spiro atoms. The Balaban J connectivity index is 1.54. The van der Waals surface area contributed by atoms with Gasteiger partial charge in [-0.3, -0.25) is 4.68 Å². The summed E-state index contributed by atoms with van der Waals surface area (Å²) in [7, 11) is 1.88. The number of halogens is 1. The summed E-state index contributed by atoms with van der Waals surface area (Å²) in [6.45, 7) is 2.23. The minimum Gasteiger partial charge on any atom is -0.471 e. The van der Waals surface area contributed by atoms with Gasteiger partial charge in [0.1, 0.15) is 5.75 Å². The minimum absolute atomic E-state index is 0.268. The maximum Gasteiger partial charge on any atom is 0.180 e. The second-order valence-electron chi connectivity index (χ2n) is 5.35. The maximum absolute atomic E-state index is 5.93. The number of aryl methyl sites for hydroxylation is 1. The topological polar surface area (TPSA) is 68.9 Å². The van der Waals surface area contributed by atoms with Gasteiger partial charge in [0.05, 0.1) is 35.7 Å². The molecule has 0 fully saturated rings. The van der Waals surface area contributed by atoms with E-state index in [-0.39, 0.29) is 6.73 Å². The summed E-state index contributed by atoms with van der Waals surface area (Å²) in [6, 6.07) is 7.21. The average Bonchev–Trinajstić information content (AvgIpc) is 3.15. The van der Waals surface area contributed by atoms with E-state index in [0.717, 1.165) is 17.1 Å². The smallest absolute Gasteiger partial charge is 0.180 e. The van der Waals surface area contributed by atoms with Crippen molar-refractivity contribution < 1.29 is 4.74 Å². The Morgan fingerprint density at radius 2 is 2.12 bits per heavy atom. The summed E-state index contributed by atoms with van der Waals surface area (Å²) in [5, 5.41) is 15.7. The van der Waals surface area contributed by atoms with Crippen molar-refractivity contribution in [1.29, 1.82) is 0 Å². The minimum atomic E-state index is 0.268. The zero-order chi connectivity index (χ0) is 17.8. The number of nitrogens with one attached hydrogen (secondary N) is 2. The molecule has 2 N–H and O–H groups in total. The molecule has 3 aromatic rings. The number of hydrogen-bond acceptors (Lipinski definition) is 4. The molecule has 0 saturated heterocycles. The molecule has 3 rings (SSSR count). The molecule has 2 heterocycles. The van der Waals surface area contributed by atoms with Gasteiger partial charge >= 0.3 is 0 Å². The van der Waals surface area contributed by atoms with E-state index in [4.69, 9.17) is 28.6 Å². The first-order valence-corrected chi connectivity index (χ1v) is 8.27. The fourth-order valence-electron chi connectivity index (χ4n) is 2.10. The van der Waals surface area contributed by atoms with Crippen LogP contribution in [0.3, 0.4) is 0 Å². The van der Waals surface area contributed by atoms with Gasteiger partial charge in [0.2, 0.25) is 0 Å². The van der Waals surface area contributed by atoms with Crippen molar-refractivity contribution in [2.75, 3.05) is 10.6 Å². The number of aromatic nitrogens is 4. The monoisotopic (exact) mass is 376 g/mol. The molecular formula is C16H17ClN6OS. The Hall–Kier alpha value is -2.58. The number of thiocarbonyl (C=S) groups is 1. The first kappa shape index (κ1) is 17.2. The molecule has 7 nitrogen and oxygen atoms in total. The highest BCUT2D eigenvalue weighted by atomic mass is 35.5. The van der Waals surface area contributed by atoms with Crippen LogP contribution in [0.1, 0.15) is 5.69 Å². The highest BCUT2D eigenvalue weighted by Crippen LogP contribution is 2.18. The van der Waals surface area contributed by atoms with Crippen LogP contribution in [-0.2, 0) is 13.8 Å². The third kappa shape index (κ3) is 4.49. The number of rotatable bonds is 5. The zero-order valence-corrected chi connectivity index (χ0v) is 15.3. The molecule has 0 aliphatic rings. The van der Waals surface area contributed by atoms with Gasteiger partial charge in [-0.25, -0.2) is 4.68 Å². The van der Waals surface area contributed by atoms with Crippen LogP contribution in [0.25, 0.3) is 0 Å². The molecule has 0 bridgehead atoms. The summed E-state index contributed by atoms with van der Waals surface area (Å²) in [5.41, 5.74) is 2.61. The molecule has 0 saturated carbocycles. The van der Waals surface area contributed by atoms with Crippen molar-refractivity contribution in [3.8, 4) is 5.75 Å². The molecule has 0 radical (unpaired) electrons. The van der Waals surface area contributed by atoms with Gasteiger partial charge in [0, 0.05) is 12.1 Å². The van der Waals surface area contributed by atoms with Crippen LogP contribution in [-0.4, -0.2) is 24.7 Å². The first-order chi connectivity index (χ1) is 12.0. The van der Waals surface area contributed by atoms with Gasteiger partial charge in [-0.1, -0.05) is 17.7 Å². The Bertz CT molecular complexity index is 890. The normalized spacial score (nSPS) is 10.5. The predicted octanol–water partition coefficient (Wildman–Crippen LogP) is 3.42. The second-order valence-corrected chi connectivity index (χ2v) is 6.19. The fraction of sp³-hybridized carbons (Fsp3) is 0.188. The van der Waals surface area contributed by atoms with E-state index in [1.807, 2.05) is 26.1 Å². The Labute approximate surface area is 155 Å². The standard InChI is InChI=1S/C16H17ClN6OS/c1-11-15(8-18-22(11)2)21-16(25)20-13-7-19-23(9-13)10-24-14-5-3-4-12(17)6-14/h3-9H,10H2,1-2H3,(H2,20,21,25). The fourth-order valence-corrected chi connectivity index (χ4v) is 2.51. The van der Waals surface area contributed by atoms with E-state index < -0.39 is 0 Å². The summed E-state index contributed by atoms with van der Waals surface area (Å²) in [5.74, 6) is 0.682. The average molecular weight is 377 g/mol. The van der Waals surface area contributed by atoms with E-state index >= 15 is 0 Å². The lowest BCUT2D eigenvalue weighted by molar-refractivity contribution is 0.221. The van der Waals surface area contributed by atoms with Gasteiger partial charge in [-0.15, -0.1) is 0 Å². The number of ether oxygens (including phenoxy) is 1. The number of nitrogens with zero attached hydrogens (tertiary/aromatic N) is 4. The molecule has 25 heavy (non-hydrogen) atoms. The van der Waals surface area contributed by atoms with E-state index in [9.17, 15) is 0 Å². The van der Waals surface area contributed by atoms with Gasteiger partial charge < -0.3 is 15.4 Å². The van der Waals surface area contributed by atoms with Crippen LogP contribution < -0.4 is 15.4 Å². The molecule has 0 aliphatic carbocycles. The van der Waals surface area contributed by atoms with Crippen LogP contribution in [0, 0.1) is 6.92 Å². The first-order valence-electron chi connectivity index (χ1n) is 7.48. The van der Waals surface area contributed by atoms with Crippen LogP contribution >= 0.6 is 23.8 Å². The number of anilines is 2.